The summed E-state index contributed by atoms with van der Waals surface area (Å²) in [6.07, 6.45) is 0.742. The molecule has 0 amide bonds. The van der Waals surface area contributed by atoms with Crippen molar-refractivity contribution in [3.63, 3.8) is 0 Å². The first-order valence-corrected chi connectivity index (χ1v) is 5.95. The molecule has 0 aliphatic heterocycles. The van der Waals surface area contributed by atoms with E-state index in [4.69, 9.17) is 16.9 Å². The Balaban J connectivity index is 2.27. The Morgan fingerprint density at radius 2 is 2.06 bits per heavy atom. The third-order valence-electron chi connectivity index (χ3n) is 2.32. The molecule has 4 heteroatoms. The summed E-state index contributed by atoms with van der Waals surface area (Å²) in [6.45, 7) is 1.86. The van der Waals surface area contributed by atoms with Crippen LogP contribution in [0, 0.1) is 18.3 Å². The molecule has 0 fully saturated rings. The average molecular weight is 249 g/mol. The SMILES string of the molecule is Cc1nsc(Cc2ccc(Cl)cc2)c1C#N. The lowest BCUT2D eigenvalue weighted by Crippen LogP contribution is -1.88. The predicted molar refractivity (Wildman–Crippen MR) is 65.8 cm³/mol. The molecule has 1 aromatic carbocycles. The van der Waals surface area contributed by atoms with Crippen LogP contribution in [0.1, 0.15) is 21.7 Å². The van der Waals surface area contributed by atoms with E-state index in [2.05, 4.69) is 10.4 Å². The number of nitrogens with zero attached hydrogens (tertiary/aromatic N) is 2. The van der Waals surface area contributed by atoms with Crippen molar-refractivity contribution in [3.05, 3.63) is 51.0 Å². The van der Waals surface area contributed by atoms with Gasteiger partial charge in [-0.1, -0.05) is 23.7 Å². The van der Waals surface area contributed by atoms with Crippen molar-refractivity contribution in [1.82, 2.24) is 4.37 Å². The van der Waals surface area contributed by atoms with Gasteiger partial charge in [0, 0.05) is 16.3 Å². The first-order valence-electron chi connectivity index (χ1n) is 4.80. The van der Waals surface area contributed by atoms with Crippen LogP contribution in [0.3, 0.4) is 0 Å². The normalized spacial score (nSPS) is 10.1. The summed E-state index contributed by atoms with van der Waals surface area (Å²) in [5, 5.41) is 9.73. The number of rotatable bonds is 2. The van der Waals surface area contributed by atoms with E-state index in [0.29, 0.717) is 5.56 Å². The molecule has 2 aromatic rings. The minimum Gasteiger partial charge on any atom is -0.196 e. The van der Waals surface area contributed by atoms with Crippen molar-refractivity contribution in [2.75, 3.05) is 0 Å². The summed E-state index contributed by atoms with van der Waals surface area (Å²) in [6, 6.07) is 9.85. The van der Waals surface area contributed by atoms with Crippen molar-refractivity contribution in [3.8, 4) is 6.07 Å². The zero-order chi connectivity index (χ0) is 11.5. The van der Waals surface area contributed by atoms with Gasteiger partial charge in [-0.2, -0.15) is 9.64 Å². The third-order valence-corrected chi connectivity index (χ3v) is 3.51. The van der Waals surface area contributed by atoms with E-state index in [1.807, 2.05) is 31.2 Å². The van der Waals surface area contributed by atoms with Gasteiger partial charge in [0.1, 0.15) is 6.07 Å². The highest BCUT2D eigenvalue weighted by molar-refractivity contribution is 7.06. The van der Waals surface area contributed by atoms with Crippen molar-refractivity contribution in [2.45, 2.75) is 13.3 Å². The molecule has 1 heterocycles. The molecule has 0 spiro atoms. The van der Waals surface area contributed by atoms with Crippen molar-refractivity contribution >= 4 is 23.1 Å². The van der Waals surface area contributed by atoms with Crippen LogP contribution in [0.15, 0.2) is 24.3 Å². The Morgan fingerprint density at radius 1 is 1.38 bits per heavy atom. The number of aryl methyl sites for hydroxylation is 1. The molecule has 0 aliphatic rings. The predicted octanol–water partition coefficient (Wildman–Crippen LogP) is 3.57. The Kier molecular flexibility index (Phi) is 3.23. The number of hydrogen-bond acceptors (Lipinski definition) is 3. The molecular formula is C12H9ClN2S. The van der Waals surface area contributed by atoms with Crippen LogP contribution in [0.5, 0.6) is 0 Å². The molecule has 2 nitrogen and oxygen atoms in total. The van der Waals surface area contributed by atoms with Gasteiger partial charge in [0.15, 0.2) is 0 Å². The van der Waals surface area contributed by atoms with Crippen LogP contribution in [0.2, 0.25) is 5.02 Å². The minimum atomic E-state index is 0.708. The van der Waals surface area contributed by atoms with Gasteiger partial charge in [0.2, 0.25) is 0 Å². The Bertz CT molecular complexity index is 537. The average Bonchev–Trinajstić information content (AvgIpc) is 2.63. The smallest absolute Gasteiger partial charge is 0.102 e. The van der Waals surface area contributed by atoms with Gasteiger partial charge >= 0.3 is 0 Å². The standard InChI is InChI=1S/C12H9ClN2S/c1-8-11(7-14)12(16-15-8)6-9-2-4-10(13)5-3-9/h2-5H,6H2,1H3. The summed E-state index contributed by atoms with van der Waals surface area (Å²) < 4.78 is 4.19. The first-order chi connectivity index (χ1) is 7.70. The van der Waals surface area contributed by atoms with Gasteiger partial charge in [0.25, 0.3) is 0 Å². The molecule has 0 radical (unpaired) electrons. The van der Waals surface area contributed by atoms with Crippen molar-refractivity contribution < 1.29 is 0 Å². The lowest BCUT2D eigenvalue weighted by atomic mass is 10.1. The van der Waals surface area contributed by atoms with E-state index in [-0.39, 0.29) is 0 Å². The molecule has 16 heavy (non-hydrogen) atoms. The van der Waals surface area contributed by atoms with E-state index in [0.717, 1.165) is 27.6 Å². The topological polar surface area (TPSA) is 36.7 Å². The maximum Gasteiger partial charge on any atom is 0.102 e. The van der Waals surface area contributed by atoms with Crippen LogP contribution in [-0.2, 0) is 6.42 Å². The van der Waals surface area contributed by atoms with Gasteiger partial charge < -0.3 is 0 Å². The van der Waals surface area contributed by atoms with Gasteiger partial charge in [-0.05, 0) is 36.2 Å². The second-order valence-electron chi connectivity index (χ2n) is 3.48. The summed E-state index contributed by atoms with van der Waals surface area (Å²) >= 11 is 7.21. The molecule has 0 atom stereocenters. The van der Waals surface area contributed by atoms with Gasteiger partial charge in [-0.3, -0.25) is 0 Å². The van der Waals surface area contributed by atoms with Crippen molar-refractivity contribution in [2.24, 2.45) is 0 Å². The van der Waals surface area contributed by atoms with E-state index >= 15 is 0 Å². The molecular weight excluding hydrogens is 240 g/mol. The highest BCUT2D eigenvalue weighted by Crippen LogP contribution is 2.21. The molecule has 0 aliphatic carbocycles. The first kappa shape index (κ1) is 11.1. The minimum absolute atomic E-state index is 0.708. The molecule has 80 valence electrons. The largest absolute Gasteiger partial charge is 0.196 e. The van der Waals surface area contributed by atoms with Gasteiger partial charge in [-0.15, -0.1) is 0 Å². The Labute approximate surface area is 103 Å². The van der Waals surface area contributed by atoms with Crippen LogP contribution < -0.4 is 0 Å². The summed E-state index contributed by atoms with van der Waals surface area (Å²) in [7, 11) is 0. The maximum atomic E-state index is 9.01. The van der Waals surface area contributed by atoms with Crippen LogP contribution in [-0.4, -0.2) is 4.37 Å². The summed E-state index contributed by atoms with van der Waals surface area (Å²) in [4.78, 5) is 1.02. The molecule has 0 bridgehead atoms. The molecule has 2 rings (SSSR count). The maximum absolute atomic E-state index is 9.01. The number of halogens is 1. The van der Waals surface area contributed by atoms with E-state index in [1.54, 1.807) is 0 Å². The highest BCUT2D eigenvalue weighted by atomic mass is 35.5. The molecule has 0 saturated carbocycles. The number of nitriles is 1. The molecule has 0 unspecified atom stereocenters. The van der Waals surface area contributed by atoms with Crippen LogP contribution in [0.4, 0.5) is 0 Å². The lowest BCUT2D eigenvalue weighted by molar-refractivity contribution is 1.21. The van der Waals surface area contributed by atoms with Gasteiger partial charge in [-0.25, -0.2) is 0 Å². The van der Waals surface area contributed by atoms with E-state index in [1.165, 1.54) is 11.5 Å². The molecule has 0 saturated heterocycles. The zero-order valence-corrected chi connectivity index (χ0v) is 10.3. The summed E-state index contributed by atoms with van der Waals surface area (Å²) in [5.74, 6) is 0. The third kappa shape index (κ3) is 2.24. The van der Waals surface area contributed by atoms with Crippen molar-refractivity contribution in [1.29, 1.82) is 5.26 Å². The van der Waals surface area contributed by atoms with Crippen LogP contribution >= 0.6 is 23.1 Å². The summed E-state index contributed by atoms with van der Waals surface area (Å²) in [5.41, 5.74) is 2.67. The second-order valence-corrected chi connectivity index (χ2v) is 4.78. The fourth-order valence-electron chi connectivity index (χ4n) is 1.47. The highest BCUT2D eigenvalue weighted by Gasteiger charge is 2.10. The zero-order valence-electron chi connectivity index (χ0n) is 8.70. The number of hydrogen-bond donors (Lipinski definition) is 0. The monoisotopic (exact) mass is 248 g/mol. The second kappa shape index (κ2) is 4.65. The van der Waals surface area contributed by atoms with Crippen LogP contribution in [0.25, 0.3) is 0 Å². The van der Waals surface area contributed by atoms with E-state index in [9.17, 15) is 0 Å². The number of benzene rings is 1. The Morgan fingerprint density at radius 3 is 2.69 bits per heavy atom. The fourth-order valence-corrected chi connectivity index (χ4v) is 2.45. The quantitative estimate of drug-likeness (QED) is 0.815. The molecule has 1 aromatic heterocycles. The molecule has 0 N–H and O–H groups in total. The lowest BCUT2D eigenvalue weighted by Gasteiger charge is -1.99. The fraction of sp³-hybridized carbons (Fsp3) is 0.167. The number of aromatic nitrogens is 1. The van der Waals surface area contributed by atoms with Gasteiger partial charge in [0.05, 0.1) is 11.3 Å². The Hall–Kier alpha value is -1.37. The van der Waals surface area contributed by atoms with E-state index < -0.39 is 0 Å².